The fourth-order valence-electron chi connectivity index (χ4n) is 5.92. The minimum atomic E-state index is -0.0620. The SMILES string of the molecule is CCCCCCCCCCCCCCCCCC(=O)OCCSSCCOC(=O)CCCCCCCCCCCCCCCCC. The molecule has 0 aliphatic heterocycles. The van der Waals surface area contributed by atoms with E-state index >= 15 is 0 Å². The summed E-state index contributed by atoms with van der Waals surface area (Å²) in [7, 11) is 3.37. The molecule has 0 radical (unpaired) electrons. The zero-order valence-electron chi connectivity index (χ0n) is 30.9. The van der Waals surface area contributed by atoms with Gasteiger partial charge in [-0.05, 0) is 12.8 Å². The van der Waals surface area contributed by atoms with Crippen LogP contribution in [0, 0.1) is 0 Å². The largest absolute Gasteiger partial charge is 0.465 e. The Bertz CT molecular complexity index is 564. The summed E-state index contributed by atoms with van der Waals surface area (Å²) in [6, 6.07) is 0. The molecule has 0 aromatic heterocycles. The van der Waals surface area contributed by atoms with Crippen LogP contribution in [0.2, 0.25) is 0 Å². The van der Waals surface area contributed by atoms with Crippen LogP contribution in [-0.2, 0) is 19.1 Å². The maximum Gasteiger partial charge on any atom is 0.305 e. The third kappa shape index (κ3) is 39.8. The molecule has 0 fully saturated rings. The number of hydrogen-bond donors (Lipinski definition) is 0. The van der Waals surface area contributed by atoms with Crippen LogP contribution in [0.4, 0.5) is 0 Å². The van der Waals surface area contributed by atoms with Crippen LogP contribution in [0.1, 0.15) is 219 Å². The molecular weight excluding hydrogens is 609 g/mol. The minimum absolute atomic E-state index is 0.0620. The molecule has 0 atom stereocenters. The topological polar surface area (TPSA) is 52.6 Å². The summed E-state index contributed by atoms with van der Waals surface area (Å²) in [5.74, 6) is 1.44. The first-order chi connectivity index (χ1) is 22.7. The molecular formula is C40H78O4S2. The number of esters is 2. The molecule has 0 aliphatic rings. The lowest BCUT2D eigenvalue weighted by molar-refractivity contribution is -0.144. The summed E-state index contributed by atoms with van der Waals surface area (Å²) in [5.41, 5.74) is 0. The van der Waals surface area contributed by atoms with Crippen LogP contribution in [0.3, 0.4) is 0 Å². The second kappa shape index (κ2) is 40.8. The molecule has 46 heavy (non-hydrogen) atoms. The second-order valence-electron chi connectivity index (χ2n) is 13.5. The smallest absolute Gasteiger partial charge is 0.305 e. The maximum absolute atomic E-state index is 11.9. The summed E-state index contributed by atoms with van der Waals surface area (Å²) >= 11 is 0. The van der Waals surface area contributed by atoms with Crippen molar-refractivity contribution >= 4 is 33.5 Å². The Hall–Kier alpha value is -0.360. The van der Waals surface area contributed by atoms with Crippen molar-refractivity contribution < 1.29 is 19.1 Å². The third-order valence-electron chi connectivity index (χ3n) is 8.91. The molecule has 0 rings (SSSR count). The molecule has 0 saturated carbocycles. The molecule has 0 spiro atoms. The Morgan fingerprint density at radius 1 is 0.348 bits per heavy atom. The van der Waals surface area contributed by atoms with Gasteiger partial charge in [-0.2, -0.15) is 0 Å². The Kier molecular flexibility index (Phi) is 40.5. The highest BCUT2D eigenvalue weighted by molar-refractivity contribution is 8.76. The van der Waals surface area contributed by atoms with Gasteiger partial charge in [0.25, 0.3) is 0 Å². The number of rotatable bonds is 39. The molecule has 0 unspecified atom stereocenters. The Labute approximate surface area is 295 Å². The van der Waals surface area contributed by atoms with Gasteiger partial charge in [0, 0.05) is 24.3 Å². The van der Waals surface area contributed by atoms with Crippen LogP contribution in [0.5, 0.6) is 0 Å². The first-order valence-electron chi connectivity index (χ1n) is 20.3. The molecule has 6 heteroatoms. The van der Waals surface area contributed by atoms with Gasteiger partial charge in [0.05, 0.1) is 0 Å². The van der Waals surface area contributed by atoms with Crippen molar-refractivity contribution in [3.63, 3.8) is 0 Å². The van der Waals surface area contributed by atoms with Crippen LogP contribution >= 0.6 is 21.6 Å². The summed E-state index contributed by atoms with van der Waals surface area (Å²) in [4.78, 5) is 23.9. The second-order valence-corrected chi connectivity index (χ2v) is 16.2. The first-order valence-corrected chi connectivity index (χ1v) is 22.7. The Balaban J connectivity index is 3.24. The van der Waals surface area contributed by atoms with Crippen LogP contribution in [-0.4, -0.2) is 36.7 Å². The summed E-state index contributed by atoms with van der Waals surface area (Å²) < 4.78 is 10.7. The van der Waals surface area contributed by atoms with Crippen molar-refractivity contribution in [3.05, 3.63) is 0 Å². The summed E-state index contributed by atoms with van der Waals surface area (Å²) in [6.07, 6.45) is 41.1. The summed E-state index contributed by atoms with van der Waals surface area (Å²) in [5, 5.41) is 0. The third-order valence-corrected chi connectivity index (χ3v) is 11.2. The van der Waals surface area contributed by atoms with E-state index in [1.54, 1.807) is 21.6 Å². The molecule has 0 bridgehead atoms. The monoisotopic (exact) mass is 687 g/mol. The molecule has 0 amide bonds. The molecule has 0 aliphatic carbocycles. The molecule has 4 nitrogen and oxygen atoms in total. The molecule has 274 valence electrons. The van der Waals surface area contributed by atoms with Gasteiger partial charge in [0.2, 0.25) is 0 Å². The predicted molar refractivity (Wildman–Crippen MR) is 206 cm³/mol. The molecule has 0 aromatic rings. The van der Waals surface area contributed by atoms with Crippen LogP contribution < -0.4 is 0 Å². The van der Waals surface area contributed by atoms with E-state index in [-0.39, 0.29) is 11.9 Å². The number of carbonyl (C=O) groups is 2. The number of ether oxygens (including phenoxy) is 2. The summed E-state index contributed by atoms with van der Waals surface area (Å²) in [6.45, 7) is 5.49. The zero-order chi connectivity index (χ0) is 33.4. The van der Waals surface area contributed by atoms with Crippen molar-refractivity contribution in [2.75, 3.05) is 24.7 Å². The number of unbranched alkanes of at least 4 members (excludes halogenated alkanes) is 28. The Morgan fingerprint density at radius 2 is 0.565 bits per heavy atom. The van der Waals surface area contributed by atoms with Crippen molar-refractivity contribution in [2.45, 2.75) is 219 Å². The normalized spacial score (nSPS) is 11.3. The van der Waals surface area contributed by atoms with E-state index in [2.05, 4.69) is 13.8 Å². The minimum Gasteiger partial charge on any atom is -0.465 e. The van der Waals surface area contributed by atoms with Gasteiger partial charge in [-0.25, -0.2) is 0 Å². The van der Waals surface area contributed by atoms with Crippen molar-refractivity contribution in [3.8, 4) is 0 Å². The highest BCUT2D eigenvalue weighted by Gasteiger charge is 2.05. The molecule has 0 N–H and O–H groups in total. The molecule has 0 heterocycles. The quantitative estimate of drug-likeness (QED) is 0.0364. The van der Waals surface area contributed by atoms with Gasteiger partial charge in [-0.3, -0.25) is 9.59 Å². The average Bonchev–Trinajstić information content (AvgIpc) is 3.05. The fourth-order valence-corrected chi connectivity index (χ4v) is 7.58. The van der Waals surface area contributed by atoms with Gasteiger partial charge in [-0.1, -0.05) is 215 Å². The van der Waals surface area contributed by atoms with Crippen LogP contribution in [0.15, 0.2) is 0 Å². The van der Waals surface area contributed by atoms with E-state index in [1.165, 1.54) is 167 Å². The standard InChI is InChI=1S/C40H78O4S2/c1-3-5-7-9-11-13-15-17-19-21-23-25-27-29-31-33-39(41)43-35-37-45-46-38-36-44-40(42)34-32-30-28-26-24-22-20-18-16-14-12-10-8-6-4-2/h3-38H2,1-2H3. The zero-order valence-corrected chi connectivity index (χ0v) is 32.5. The van der Waals surface area contributed by atoms with Gasteiger partial charge < -0.3 is 9.47 Å². The number of hydrogen-bond acceptors (Lipinski definition) is 6. The fraction of sp³-hybridized carbons (Fsp3) is 0.950. The highest BCUT2D eigenvalue weighted by Crippen LogP contribution is 2.21. The number of carbonyl (C=O) groups excluding carboxylic acids is 2. The van der Waals surface area contributed by atoms with E-state index in [0.717, 1.165) is 37.2 Å². The highest BCUT2D eigenvalue weighted by atomic mass is 33.1. The van der Waals surface area contributed by atoms with E-state index in [0.29, 0.717) is 26.1 Å². The van der Waals surface area contributed by atoms with Gasteiger partial charge in [-0.15, -0.1) is 0 Å². The maximum atomic E-state index is 11.9. The van der Waals surface area contributed by atoms with Crippen molar-refractivity contribution in [1.29, 1.82) is 0 Å². The van der Waals surface area contributed by atoms with Gasteiger partial charge in [0.15, 0.2) is 0 Å². The average molecular weight is 687 g/mol. The van der Waals surface area contributed by atoms with E-state index in [4.69, 9.17) is 9.47 Å². The molecule has 0 aromatic carbocycles. The van der Waals surface area contributed by atoms with Gasteiger partial charge in [0.1, 0.15) is 13.2 Å². The van der Waals surface area contributed by atoms with Gasteiger partial charge >= 0.3 is 11.9 Å². The van der Waals surface area contributed by atoms with E-state index in [9.17, 15) is 9.59 Å². The predicted octanol–water partition coefficient (Wildman–Crippen LogP) is 14.0. The Morgan fingerprint density at radius 3 is 0.804 bits per heavy atom. The molecule has 0 saturated heterocycles. The van der Waals surface area contributed by atoms with Crippen LogP contribution in [0.25, 0.3) is 0 Å². The lowest BCUT2D eigenvalue weighted by Crippen LogP contribution is -2.08. The van der Waals surface area contributed by atoms with Crippen molar-refractivity contribution in [1.82, 2.24) is 0 Å². The van der Waals surface area contributed by atoms with E-state index in [1.807, 2.05) is 0 Å². The lowest BCUT2D eigenvalue weighted by Gasteiger charge is -2.06. The first kappa shape index (κ1) is 45.6. The van der Waals surface area contributed by atoms with Crippen molar-refractivity contribution in [2.24, 2.45) is 0 Å². The van der Waals surface area contributed by atoms with E-state index < -0.39 is 0 Å². The lowest BCUT2D eigenvalue weighted by atomic mass is 10.0.